The summed E-state index contributed by atoms with van der Waals surface area (Å²) in [5.74, 6) is -0.580. The molecule has 0 aliphatic heterocycles. The number of nitrogens with one attached hydrogen (secondary N) is 1. The Morgan fingerprint density at radius 1 is 1.21 bits per heavy atom. The van der Waals surface area contributed by atoms with Gasteiger partial charge >= 0.3 is 0 Å². The van der Waals surface area contributed by atoms with Crippen molar-refractivity contribution in [1.29, 1.82) is 0 Å². The number of fused-ring (bicyclic) bond motifs is 1. The van der Waals surface area contributed by atoms with Crippen LogP contribution < -0.4 is 11.0 Å². The predicted octanol–water partition coefficient (Wildman–Crippen LogP) is 2.48. The van der Waals surface area contributed by atoms with E-state index in [2.05, 4.69) is 15.6 Å². The number of carbonyl (C=O) groups excluding carboxylic acids is 1. The van der Waals surface area contributed by atoms with Crippen LogP contribution in [-0.2, 0) is 6.54 Å². The van der Waals surface area contributed by atoms with Crippen LogP contribution in [0.4, 0.5) is 5.69 Å². The van der Waals surface area contributed by atoms with Crippen molar-refractivity contribution in [3.8, 4) is 0 Å². The molecule has 142 valence electrons. The van der Waals surface area contributed by atoms with Gasteiger partial charge in [-0.25, -0.2) is 10.1 Å². The Balaban J connectivity index is 1.94. The summed E-state index contributed by atoms with van der Waals surface area (Å²) in [5.41, 5.74) is 3.04. The van der Waals surface area contributed by atoms with Gasteiger partial charge in [0.2, 0.25) is 0 Å². The first-order valence-electron chi connectivity index (χ1n) is 8.51. The number of nitro benzene ring substituents is 1. The van der Waals surface area contributed by atoms with Crippen molar-refractivity contribution in [1.82, 2.24) is 15.2 Å². The molecule has 1 N–H and O–H groups in total. The standard InChI is InChI=1S/C19H17N5O4/c1-3-23-19(26)16-10-5-4-9-15(16)17(22-23)18(25)21-20-12(2)13-7-6-8-14(11-13)24(27)28/h4-11H,3H2,1-2H3,(H,21,25)/b20-12-. The van der Waals surface area contributed by atoms with Gasteiger partial charge in [-0.15, -0.1) is 0 Å². The largest absolute Gasteiger partial charge is 0.292 e. The average Bonchev–Trinajstić information content (AvgIpc) is 2.72. The summed E-state index contributed by atoms with van der Waals surface area (Å²) in [7, 11) is 0. The number of carbonyl (C=O) groups is 1. The molecule has 3 rings (SSSR count). The van der Waals surface area contributed by atoms with Crippen LogP contribution in [-0.4, -0.2) is 26.3 Å². The smallest absolute Gasteiger partial charge is 0.267 e. The third kappa shape index (κ3) is 3.63. The number of hydrogen-bond acceptors (Lipinski definition) is 6. The van der Waals surface area contributed by atoms with Gasteiger partial charge in [-0.1, -0.05) is 30.3 Å². The fraction of sp³-hybridized carbons (Fsp3) is 0.158. The van der Waals surface area contributed by atoms with Crippen LogP contribution in [0.5, 0.6) is 0 Å². The Bertz CT molecular complexity index is 1170. The van der Waals surface area contributed by atoms with Gasteiger partial charge < -0.3 is 0 Å². The summed E-state index contributed by atoms with van der Waals surface area (Å²) >= 11 is 0. The monoisotopic (exact) mass is 379 g/mol. The van der Waals surface area contributed by atoms with Gasteiger partial charge in [0, 0.05) is 29.6 Å². The van der Waals surface area contributed by atoms with E-state index in [1.807, 2.05) is 0 Å². The maximum absolute atomic E-state index is 12.6. The molecular weight excluding hydrogens is 362 g/mol. The van der Waals surface area contributed by atoms with Gasteiger partial charge in [-0.2, -0.15) is 10.2 Å². The number of nitro groups is 1. The van der Waals surface area contributed by atoms with Crippen LogP contribution in [0.3, 0.4) is 0 Å². The molecule has 2 aromatic carbocycles. The van der Waals surface area contributed by atoms with Crippen molar-refractivity contribution in [3.05, 3.63) is 80.3 Å². The summed E-state index contributed by atoms with van der Waals surface area (Å²) in [6.07, 6.45) is 0. The lowest BCUT2D eigenvalue weighted by Gasteiger charge is -2.09. The highest BCUT2D eigenvalue weighted by Crippen LogP contribution is 2.15. The molecule has 1 heterocycles. The van der Waals surface area contributed by atoms with Crippen LogP contribution in [0, 0.1) is 10.1 Å². The normalized spacial score (nSPS) is 11.4. The van der Waals surface area contributed by atoms with E-state index in [1.54, 1.807) is 50.2 Å². The molecular formula is C19H17N5O4. The zero-order valence-electron chi connectivity index (χ0n) is 15.2. The van der Waals surface area contributed by atoms with E-state index in [0.717, 1.165) is 0 Å². The maximum Gasteiger partial charge on any atom is 0.292 e. The second-order valence-electron chi connectivity index (χ2n) is 5.96. The van der Waals surface area contributed by atoms with Crippen molar-refractivity contribution < 1.29 is 9.72 Å². The van der Waals surface area contributed by atoms with Crippen molar-refractivity contribution in [3.63, 3.8) is 0 Å². The topological polar surface area (TPSA) is 119 Å². The fourth-order valence-corrected chi connectivity index (χ4v) is 2.71. The molecule has 0 spiro atoms. The Hall–Kier alpha value is -3.88. The summed E-state index contributed by atoms with van der Waals surface area (Å²) in [4.78, 5) is 35.4. The van der Waals surface area contributed by atoms with Crippen molar-refractivity contribution in [2.45, 2.75) is 20.4 Å². The lowest BCUT2D eigenvalue weighted by molar-refractivity contribution is -0.384. The fourth-order valence-electron chi connectivity index (χ4n) is 2.71. The number of rotatable bonds is 5. The minimum Gasteiger partial charge on any atom is -0.267 e. The first-order valence-corrected chi connectivity index (χ1v) is 8.51. The number of hydrogen-bond donors (Lipinski definition) is 1. The van der Waals surface area contributed by atoms with Crippen LogP contribution in [0.25, 0.3) is 10.8 Å². The number of aryl methyl sites for hydroxylation is 1. The number of nitrogens with zero attached hydrogens (tertiary/aromatic N) is 4. The molecule has 0 aliphatic carbocycles. The number of amides is 1. The van der Waals surface area contributed by atoms with Gasteiger partial charge in [-0.05, 0) is 19.9 Å². The number of non-ortho nitro benzene ring substituents is 1. The van der Waals surface area contributed by atoms with Crippen LogP contribution in [0.15, 0.2) is 58.4 Å². The second-order valence-corrected chi connectivity index (χ2v) is 5.96. The molecule has 0 unspecified atom stereocenters. The minimum atomic E-state index is -0.580. The van der Waals surface area contributed by atoms with Gasteiger partial charge in [0.25, 0.3) is 17.2 Å². The van der Waals surface area contributed by atoms with Crippen molar-refractivity contribution in [2.75, 3.05) is 0 Å². The van der Waals surface area contributed by atoms with E-state index >= 15 is 0 Å². The zero-order valence-corrected chi connectivity index (χ0v) is 15.2. The molecule has 0 atom stereocenters. The molecule has 9 heteroatoms. The van der Waals surface area contributed by atoms with Gasteiger partial charge in [0.05, 0.1) is 16.0 Å². The average molecular weight is 379 g/mol. The third-order valence-corrected chi connectivity index (χ3v) is 4.18. The maximum atomic E-state index is 12.6. The Labute approximate surface area is 159 Å². The molecule has 9 nitrogen and oxygen atoms in total. The van der Waals surface area contributed by atoms with E-state index < -0.39 is 10.8 Å². The zero-order chi connectivity index (χ0) is 20.3. The molecule has 0 fully saturated rings. The van der Waals surface area contributed by atoms with Crippen molar-refractivity contribution >= 4 is 28.1 Å². The predicted molar refractivity (Wildman–Crippen MR) is 104 cm³/mol. The van der Waals surface area contributed by atoms with E-state index in [9.17, 15) is 19.7 Å². The third-order valence-electron chi connectivity index (χ3n) is 4.18. The highest BCUT2D eigenvalue weighted by Gasteiger charge is 2.16. The SMILES string of the molecule is CCn1nc(C(=O)N/N=C(/C)c2cccc([N+](=O)[O-])c2)c2ccccc2c1=O. The molecule has 3 aromatic rings. The molecule has 28 heavy (non-hydrogen) atoms. The van der Waals surface area contributed by atoms with Gasteiger partial charge in [-0.3, -0.25) is 19.7 Å². The van der Waals surface area contributed by atoms with E-state index in [4.69, 9.17) is 0 Å². The Kier molecular flexibility index (Phi) is 5.25. The molecule has 1 amide bonds. The highest BCUT2D eigenvalue weighted by atomic mass is 16.6. The minimum absolute atomic E-state index is 0.0685. The summed E-state index contributed by atoms with van der Waals surface area (Å²) in [5, 5.41) is 19.9. The first-order chi connectivity index (χ1) is 13.4. The highest BCUT2D eigenvalue weighted by molar-refractivity contribution is 6.06. The van der Waals surface area contributed by atoms with E-state index in [-0.39, 0.29) is 16.9 Å². The molecule has 1 aromatic heterocycles. The number of benzene rings is 2. The molecule has 0 radical (unpaired) electrons. The molecule has 0 bridgehead atoms. The second kappa shape index (κ2) is 7.78. The number of hydrazone groups is 1. The van der Waals surface area contributed by atoms with Crippen molar-refractivity contribution in [2.24, 2.45) is 5.10 Å². The van der Waals surface area contributed by atoms with Gasteiger partial charge in [0.1, 0.15) is 0 Å². The van der Waals surface area contributed by atoms with Gasteiger partial charge in [0.15, 0.2) is 5.69 Å². The van der Waals surface area contributed by atoms with Crippen LogP contribution in [0.1, 0.15) is 29.9 Å². The summed E-state index contributed by atoms with van der Waals surface area (Å²) < 4.78 is 1.22. The quantitative estimate of drug-likeness (QED) is 0.415. The summed E-state index contributed by atoms with van der Waals surface area (Å²) in [6.45, 7) is 3.70. The lowest BCUT2D eigenvalue weighted by atomic mass is 10.1. The molecule has 0 aliphatic rings. The Morgan fingerprint density at radius 3 is 2.61 bits per heavy atom. The van der Waals surface area contributed by atoms with Crippen LogP contribution in [0.2, 0.25) is 0 Å². The first kappa shape index (κ1) is 18.9. The molecule has 0 saturated heterocycles. The Morgan fingerprint density at radius 2 is 1.93 bits per heavy atom. The van der Waals surface area contributed by atoms with E-state index in [1.165, 1.54) is 16.8 Å². The molecule has 0 saturated carbocycles. The van der Waals surface area contributed by atoms with E-state index in [0.29, 0.717) is 28.6 Å². The lowest BCUT2D eigenvalue weighted by Crippen LogP contribution is -2.28. The number of aromatic nitrogens is 2. The summed E-state index contributed by atoms with van der Waals surface area (Å²) in [6, 6.07) is 12.7. The van der Waals surface area contributed by atoms with Crippen LogP contribution >= 0.6 is 0 Å².